The minimum atomic E-state index is 0.339. The predicted molar refractivity (Wildman–Crippen MR) is 55.0 cm³/mol. The normalized spacial score (nSPS) is 12.9. The second-order valence-corrected chi connectivity index (χ2v) is 5.40. The quantitative estimate of drug-likeness (QED) is 0.770. The van der Waals surface area contributed by atoms with Crippen LogP contribution in [0.15, 0.2) is 24.3 Å². The summed E-state index contributed by atoms with van der Waals surface area (Å²) in [4.78, 5) is 0. The van der Waals surface area contributed by atoms with Crippen LogP contribution in [0, 0.1) is 6.92 Å². The van der Waals surface area contributed by atoms with E-state index in [1.54, 1.807) is 0 Å². The summed E-state index contributed by atoms with van der Waals surface area (Å²) in [6.45, 7) is 4.18. The molecule has 1 aromatic carbocycles. The molecule has 0 radical (unpaired) electrons. The first-order chi connectivity index (χ1) is 5.68. The zero-order valence-corrected chi connectivity index (χ0v) is 9.29. The molecule has 12 heavy (non-hydrogen) atoms. The third-order valence-electron chi connectivity index (χ3n) is 1.53. The predicted octanol–water partition coefficient (Wildman–Crippen LogP) is 1.09. The van der Waals surface area contributed by atoms with Crippen molar-refractivity contribution in [2.24, 2.45) is 5.73 Å². The molecule has 2 heteroatoms. The zero-order valence-electron chi connectivity index (χ0n) is 7.58. The van der Waals surface area contributed by atoms with Gasteiger partial charge in [0.1, 0.15) is 0 Å². The standard InChI is InChI=1S/C10H15NSe/c1-8-3-5-10(6-4-8)12-7-9(2)11/h3-6,9H,7,11H2,1-2H3. The molecular formula is C10H15NSe. The first-order valence-corrected chi connectivity index (χ1v) is 6.20. The first kappa shape index (κ1) is 9.78. The van der Waals surface area contributed by atoms with Crippen LogP contribution in [0.25, 0.3) is 0 Å². The molecule has 0 fully saturated rings. The molecule has 0 aliphatic heterocycles. The summed E-state index contributed by atoms with van der Waals surface area (Å²) >= 11 is 0.557. The van der Waals surface area contributed by atoms with Gasteiger partial charge in [0.2, 0.25) is 0 Å². The summed E-state index contributed by atoms with van der Waals surface area (Å²) in [5.74, 6) is 0. The van der Waals surface area contributed by atoms with Crippen LogP contribution in [0.3, 0.4) is 0 Å². The van der Waals surface area contributed by atoms with E-state index >= 15 is 0 Å². The molecule has 1 nitrogen and oxygen atoms in total. The van der Waals surface area contributed by atoms with Crippen molar-refractivity contribution < 1.29 is 0 Å². The van der Waals surface area contributed by atoms with E-state index in [0.717, 1.165) is 5.32 Å². The zero-order chi connectivity index (χ0) is 8.97. The molecule has 1 aromatic rings. The van der Waals surface area contributed by atoms with Gasteiger partial charge in [0.05, 0.1) is 0 Å². The topological polar surface area (TPSA) is 26.0 Å². The van der Waals surface area contributed by atoms with Gasteiger partial charge in [0.15, 0.2) is 0 Å². The van der Waals surface area contributed by atoms with Crippen molar-refractivity contribution in [1.82, 2.24) is 0 Å². The minimum absolute atomic E-state index is 0.339. The van der Waals surface area contributed by atoms with Gasteiger partial charge in [-0.15, -0.1) is 0 Å². The van der Waals surface area contributed by atoms with Crippen LogP contribution in [-0.2, 0) is 0 Å². The van der Waals surface area contributed by atoms with Crippen LogP contribution in [0.2, 0.25) is 5.32 Å². The number of hydrogen-bond donors (Lipinski definition) is 1. The third kappa shape index (κ3) is 3.40. The molecule has 66 valence electrons. The average Bonchev–Trinajstić information content (AvgIpc) is 2.03. The summed E-state index contributed by atoms with van der Waals surface area (Å²) in [5.41, 5.74) is 7.01. The summed E-state index contributed by atoms with van der Waals surface area (Å²) < 4.78 is 1.45. The van der Waals surface area contributed by atoms with Gasteiger partial charge in [-0.25, -0.2) is 0 Å². The monoisotopic (exact) mass is 229 g/mol. The van der Waals surface area contributed by atoms with Crippen LogP contribution in [0.5, 0.6) is 0 Å². The van der Waals surface area contributed by atoms with Crippen LogP contribution < -0.4 is 10.2 Å². The first-order valence-electron chi connectivity index (χ1n) is 4.13. The van der Waals surface area contributed by atoms with E-state index in [9.17, 15) is 0 Å². The number of aryl methyl sites for hydroxylation is 1. The second kappa shape index (κ2) is 4.66. The third-order valence-corrected chi connectivity index (χ3v) is 4.26. The number of benzene rings is 1. The van der Waals surface area contributed by atoms with Gasteiger partial charge in [-0.3, -0.25) is 0 Å². The average molecular weight is 228 g/mol. The Morgan fingerprint density at radius 3 is 2.42 bits per heavy atom. The van der Waals surface area contributed by atoms with Crippen LogP contribution in [0.1, 0.15) is 12.5 Å². The van der Waals surface area contributed by atoms with E-state index in [-0.39, 0.29) is 0 Å². The Bertz CT molecular complexity index is 228. The van der Waals surface area contributed by atoms with Crippen LogP contribution in [-0.4, -0.2) is 21.0 Å². The molecule has 0 heterocycles. The molecule has 0 aromatic heterocycles. The van der Waals surface area contributed by atoms with E-state index in [2.05, 4.69) is 38.1 Å². The Morgan fingerprint density at radius 2 is 1.92 bits per heavy atom. The fourth-order valence-corrected chi connectivity index (χ4v) is 2.51. The summed E-state index contributed by atoms with van der Waals surface area (Å²) in [5, 5.41) is 1.13. The van der Waals surface area contributed by atoms with Crippen LogP contribution >= 0.6 is 0 Å². The van der Waals surface area contributed by atoms with E-state index < -0.39 is 0 Å². The Morgan fingerprint density at radius 1 is 1.33 bits per heavy atom. The fraction of sp³-hybridized carbons (Fsp3) is 0.400. The van der Waals surface area contributed by atoms with Gasteiger partial charge < -0.3 is 0 Å². The molecule has 1 unspecified atom stereocenters. The molecule has 0 saturated carbocycles. The molecule has 1 atom stereocenters. The molecule has 0 aliphatic rings. The molecule has 0 saturated heterocycles. The Labute approximate surface area is 80.5 Å². The maximum absolute atomic E-state index is 5.69. The van der Waals surface area contributed by atoms with Crippen molar-refractivity contribution in [3.8, 4) is 0 Å². The number of rotatable bonds is 3. The van der Waals surface area contributed by atoms with Crippen molar-refractivity contribution in [1.29, 1.82) is 0 Å². The Kier molecular flexibility index (Phi) is 3.80. The van der Waals surface area contributed by atoms with Gasteiger partial charge in [0.25, 0.3) is 0 Å². The van der Waals surface area contributed by atoms with Crippen molar-refractivity contribution >= 4 is 19.4 Å². The van der Waals surface area contributed by atoms with Crippen molar-refractivity contribution in [3.05, 3.63) is 29.8 Å². The van der Waals surface area contributed by atoms with E-state index in [1.165, 1.54) is 10.0 Å². The van der Waals surface area contributed by atoms with Crippen molar-refractivity contribution in [2.45, 2.75) is 25.2 Å². The Hall–Kier alpha value is -0.301. The molecule has 0 spiro atoms. The van der Waals surface area contributed by atoms with E-state index in [0.29, 0.717) is 21.0 Å². The molecule has 1 rings (SSSR count). The molecular weight excluding hydrogens is 213 g/mol. The molecule has 0 aliphatic carbocycles. The van der Waals surface area contributed by atoms with E-state index in [1.807, 2.05) is 0 Å². The van der Waals surface area contributed by atoms with E-state index in [4.69, 9.17) is 5.73 Å². The summed E-state index contributed by atoms with van der Waals surface area (Å²) in [6.07, 6.45) is 0. The second-order valence-electron chi connectivity index (χ2n) is 3.10. The van der Waals surface area contributed by atoms with Gasteiger partial charge in [0, 0.05) is 0 Å². The summed E-state index contributed by atoms with van der Waals surface area (Å²) in [7, 11) is 0. The SMILES string of the molecule is Cc1ccc([Se]CC(C)N)cc1. The van der Waals surface area contributed by atoms with Crippen molar-refractivity contribution in [3.63, 3.8) is 0 Å². The molecule has 0 amide bonds. The van der Waals surface area contributed by atoms with Gasteiger partial charge in [-0.05, 0) is 0 Å². The molecule has 0 bridgehead atoms. The number of nitrogens with two attached hydrogens (primary N) is 1. The van der Waals surface area contributed by atoms with Crippen LogP contribution in [0.4, 0.5) is 0 Å². The van der Waals surface area contributed by atoms with Crippen molar-refractivity contribution in [2.75, 3.05) is 0 Å². The summed E-state index contributed by atoms with van der Waals surface area (Å²) in [6, 6.07) is 9.08. The van der Waals surface area contributed by atoms with Gasteiger partial charge >= 0.3 is 80.2 Å². The number of hydrogen-bond acceptors (Lipinski definition) is 1. The maximum atomic E-state index is 5.69. The Balaban J connectivity index is 2.48. The van der Waals surface area contributed by atoms with Gasteiger partial charge in [-0.2, -0.15) is 0 Å². The van der Waals surface area contributed by atoms with Gasteiger partial charge in [-0.1, -0.05) is 0 Å². The fourth-order valence-electron chi connectivity index (χ4n) is 0.862. The molecule has 2 N–H and O–H groups in total.